The van der Waals surface area contributed by atoms with Gasteiger partial charge in [-0.05, 0) is 12.8 Å². The van der Waals surface area contributed by atoms with Crippen LogP contribution in [0.1, 0.15) is 36.0 Å². The van der Waals surface area contributed by atoms with Gasteiger partial charge in [0.15, 0.2) is 0 Å². The number of hydrogen-bond acceptors (Lipinski definition) is 8. The van der Waals surface area contributed by atoms with Gasteiger partial charge in [0.05, 0.1) is 36.8 Å². The predicted molar refractivity (Wildman–Crippen MR) is 83.0 cm³/mol. The van der Waals surface area contributed by atoms with E-state index in [1.165, 1.54) is 0 Å². The minimum absolute atomic E-state index is 0.103. The van der Waals surface area contributed by atoms with Gasteiger partial charge in [0.2, 0.25) is 0 Å². The van der Waals surface area contributed by atoms with E-state index in [0.717, 1.165) is 12.1 Å². The number of carbonyl (C=O) groups excluding carboxylic acids is 1. The molecular weight excluding hydrogens is 358 g/mol. The average Bonchev–Trinajstić information content (AvgIpc) is 2.53. The number of nitrogens with one attached hydrogen (secondary N) is 1. The molecule has 1 fully saturated rings. The minimum Gasteiger partial charge on any atom is -0.748 e. The van der Waals surface area contributed by atoms with Gasteiger partial charge >= 0.3 is 0 Å². The van der Waals surface area contributed by atoms with Crippen molar-refractivity contribution in [3.8, 4) is 0 Å². The van der Waals surface area contributed by atoms with Crippen LogP contribution in [0.4, 0.5) is 11.4 Å². The molecule has 0 saturated heterocycles. The maximum absolute atomic E-state index is 12.3. The molecule has 0 aromatic heterocycles. The third-order valence-electron chi connectivity index (χ3n) is 3.98. The maximum atomic E-state index is 12.3. The Balaban J connectivity index is 2.30. The van der Waals surface area contributed by atoms with Gasteiger partial charge in [-0.25, -0.2) is 8.42 Å². The lowest BCUT2D eigenvalue weighted by molar-refractivity contribution is -0.394. The predicted octanol–water partition coefficient (Wildman–Crippen LogP) is 1.09. The lowest BCUT2D eigenvalue weighted by atomic mass is 9.94. The van der Waals surface area contributed by atoms with Crippen LogP contribution in [-0.2, 0) is 10.1 Å². The number of nitrogens with zero attached hydrogens (tertiary/aromatic N) is 2. The van der Waals surface area contributed by atoms with Crippen molar-refractivity contribution < 1.29 is 27.6 Å². The summed E-state index contributed by atoms with van der Waals surface area (Å²) >= 11 is 0. The van der Waals surface area contributed by atoms with Crippen molar-refractivity contribution in [2.75, 3.05) is 0 Å². The van der Waals surface area contributed by atoms with Gasteiger partial charge in [-0.3, -0.25) is 25.0 Å². The second-order valence-electron chi connectivity index (χ2n) is 5.65. The van der Waals surface area contributed by atoms with Crippen LogP contribution in [0.2, 0.25) is 0 Å². The van der Waals surface area contributed by atoms with Crippen LogP contribution < -0.4 is 5.32 Å². The van der Waals surface area contributed by atoms with Gasteiger partial charge < -0.3 is 9.87 Å². The molecule has 136 valence electrons. The van der Waals surface area contributed by atoms with E-state index >= 15 is 0 Å². The molecule has 1 aromatic carbocycles. The number of carbonyl (C=O) groups is 1. The lowest BCUT2D eigenvalue weighted by Gasteiger charge is -2.33. The number of non-ortho nitro benzene ring substituents is 2. The molecule has 1 amide bonds. The summed E-state index contributed by atoms with van der Waals surface area (Å²) in [6.07, 6.45) is 1.49. The molecule has 0 unspecified atom stereocenters. The molecule has 1 saturated carbocycles. The summed E-state index contributed by atoms with van der Waals surface area (Å²) < 4.78 is 33.9. The summed E-state index contributed by atoms with van der Waals surface area (Å²) in [7, 11) is -4.63. The fourth-order valence-electron chi connectivity index (χ4n) is 2.80. The largest absolute Gasteiger partial charge is 0.748 e. The molecule has 1 aliphatic carbocycles. The first kappa shape index (κ1) is 18.7. The number of hydrogen-bond donors (Lipinski definition) is 1. The van der Waals surface area contributed by atoms with Crippen LogP contribution in [-0.4, -0.2) is 40.0 Å². The van der Waals surface area contributed by atoms with Crippen LogP contribution >= 0.6 is 0 Å². The maximum Gasteiger partial charge on any atom is 0.277 e. The second kappa shape index (κ2) is 7.11. The summed E-state index contributed by atoms with van der Waals surface area (Å²) in [5.74, 6) is -0.910. The highest BCUT2D eigenvalue weighted by molar-refractivity contribution is 7.86. The van der Waals surface area contributed by atoms with Crippen LogP contribution in [0.15, 0.2) is 18.2 Å². The highest BCUT2D eigenvalue weighted by Gasteiger charge is 2.32. The van der Waals surface area contributed by atoms with Gasteiger partial charge in [0.1, 0.15) is 0 Å². The van der Waals surface area contributed by atoms with Crippen molar-refractivity contribution in [1.82, 2.24) is 5.32 Å². The summed E-state index contributed by atoms with van der Waals surface area (Å²) in [5.41, 5.74) is -1.64. The van der Waals surface area contributed by atoms with E-state index in [0.29, 0.717) is 18.9 Å². The molecular formula is C13H14N3O8S-. The Hall–Kier alpha value is -2.60. The second-order valence-corrected chi connectivity index (χ2v) is 7.24. The molecule has 2 atom stereocenters. The number of amides is 1. The van der Waals surface area contributed by atoms with Crippen LogP contribution in [0, 0.1) is 20.2 Å². The SMILES string of the molecule is O=C(N[C@H]1CCCC[C@@H]1S(=O)(=O)[O-])c1cc([N+](=O)[O-])cc([N+](=O)[O-])c1. The number of nitro groups is 2. The minimum atomic E-state index is -4.63. The summed E-state index contributed by atoms with van der Waals surface area (Å²) in [6, 6.07) is 1.47. The molecule has 12 heteroatoms. The number of nitro benzene ring substituents is 2. The molecule has 0 radical (unpaired) electrons. The number of benzene rings is 1. The molecule has 0 spiro atoms. The Bertz CT molecular complexity index is 790. The van der Waals surface area contributed by atoms with Crippen molar-refractivity contribution in [1.29, 1.82) is 0 Å². The fourth-order valence-corrected chi connectivity index (χ4v) is 3.86. The third kappa shape index (κ3) is 4.48. The van der Waals surface area contributed by atoms with Gasteiger partial charge in [-0.2, -0.15) is 0 Å². The van der Waals surface area contributed by atoms with E-state index in [2.05, 4.69) is 5.32 Å². The first-order valence-electron chi connectivity index (χ1n) is 7.29. The molecule has 1 aliphatic rings. The smallest absolute Gasteiger partial charge is 0.277 e. The van der Waals surface area contributed by atoms with E-state index in [4.69, 9.17) is 0 Å². The Labute approximate surface area is 142 Å². The molecule has 2 rings (SSSR count). The highest BCUT2D eigenvalue weighted by atomic mass is 32.2. The van der Waals surface area contributed by atoms with E-state index < -0.39 is 48.5 Å². The van der Waals surface area contributed by atoms with Gasteiger partial charge in [-0.15, -0.1) is 0 Å². The van der Waals surface area contributed by atoms with Crippen molar-refractivity contribution in [3.05, 3.63) is 44.0 Å². The monoisotopic (exact) mass is 372 g/mol. The van der Waals surface area contributed by atoms with E-state index in [9.17, 15) is 38.0 Å². The zero-order valence-electron chi connectivity index (χ0n) is 12.8. The lowest BCUT2D eigenvalue weighted by Crippen LogP contribution is -2.48. The van der Waals surface area contributed by atoms with Crippen LogP contribution in [0.5, 0.6) is 0 Å². The summed E-state index contributed by atoms with van der Waals surface area (Å²) in [6.45, 7) is 0. The van der Waals surface area contributed by atoms with Gasteiger partial charge in [0, 0.05) is 18.2 Å². The topological polar surface area (TPSA) is 173 Å². The molecule has 0 bridgehead atoms. The van der Waals surface area contributed by atoms with Crippen LogP contribution in [0.25, 0.3) is 0 Å². The van der Waals surface area contributed by atoms with E-state index in [1.54, 1.807) is 0 Å². The quantitative estimate of drug-likeness (QED) is 0.454. The molecule has 0 heterocycles. The van der Waals surface area contributed by atoms with Crippen molar-refractivity contribution in [2.24, 2.45) is 0 Å². The molecule has 25 heavy (non-hydrogen) atoms. The summed E-state index contributed by atoms with van der Waals surface area (Å²) in [5, 5.41) is 22.8. The van der Waals surface area contributed by atoms with Gasteiger partial charge in [-0.1, -0.05) is 12.8 Å². The Morgan fingerprint density at radius 2 is 1.56 bits per heavy atom. The average molecular weight is 372 g/mol. The van der Waals surface area contributed by atoms with E-state index in [-0.39, 0.29) is 18.4 Å². The third-order valence-corrected chi connectivity index (χ3v) is 5.28. The zero-order valence-corrected chi connectivity index (χ0v) is 13.6. The van der Waals surface area contributed by atoms with Crippen molar-refractivity contribution in [2.45, 2.75) is 37.0 Å². The van der Waals surface area contributed by atoms with Crippen molar-refractivity contribution >= 4 is 27.4 Å². The summed E-state index contributed by atoms with van der Waals surface area (Å²) in [4.78, 5) is 32.2. The van der Waals surface area contributed by atoms with Gasteiger partial charge in [0.25, 0.3) is 17.3 Å². The molecule has 1 N–H and O–H groups in total. The first-order chi connectivity index (χ1) is 11.6. The zero-order chi connectivity index (χ0) is 18.8. The number of rotatable bonds is 5. The highest BCUT2D eigenvalue weighted by Crippen LogP contribution is 2.26. The van der Waals surface area contributed by atoms with Crippen molar-refractivity contribution in [3.63, 3.8) is 0 Å². The molecule has 11 nitrogen and oxygen atoms in total. The molecule has 0 aliphatic heterocycles. The normalized spacial score (nSPS) is 20.7. The first-order valence-corrected chi connectivity index (χ1v) is 8.76. The Morgan fingerprint density at radius 3 is 2.04 bits per heavy atom. The Morgan fingerprint density at radius 1 is 1.04 bits per heavy atom. The van der Waals surface area contributed by atoms with E-state index in [1.807, 2.05) is 0 Å². The van der Waals surface area contributed by atoms with Crippen LogP contribution in [0.3, 0.4) is 0 Å². The Kier molecular flexibility index (Phi) is 5.33. The standard InChI is InChI=1S/C13H15N3O8S/c17-13(14-11-3-1-2-4-12(11)25(22,23)24)8-5-9(15(18)19)7-10(6-8)16(20)21/h5-7,11-12H,1-4H2,(H,14,17)(H,22,23,24)/p-1/t11-,12-/m0/s1. The fraction of sp³-hybridized carbons (Fsp3) is 0.462. The molecule has 1 aromatic rings.